The lowest BCUT2D eigenvalue weighted by Gasteiger charge is -2.32. The van der Waals surface area contributed by atoms with Crippen LogP contribution in [0.2, 0.25) is 0 Å². The van der Waals surface area contributed by atoms with Gasteiger partial charge in [-0.15, -0.1) is 0 Å². The van der Waals surface area contributed by atoms with Gasteiger partial charge in [0.15, 0.2) is 11.7 Å². The maximum absolute atomic E-state index is 12.4. The van der Waals surface area contributed by atoms with Crippen molar-refractivity contribution >= 4 is 17.4 Å². The van der Waals surface area contributed by atoms with Crippen LogP contribution in [-0.4, -0.2) is 31.4 Å². The zero-order valence-electron chi connectivity index (χ0n) is 10.9. The third-order valence-electron chi connectivity index (χ3n) is 3.83. The van der Waals surface area contributed by atoms with Gasteiger partial charge in [-0.1, -0.05) is 12.1 Å². The molecule has 1 fully saturated rings. The van der Waals surface area contributed by atoms with Crippen LogP contribution in [0.25, 0.3) is 0 Å². The molecule has 2 atom stereocenters. The standard InChI is InChI=1S/C15H14N2O3/c16-7-12-14(18)11-3-1-2-4-13(11)17(15(12)19)8-10-5-6-20-9-10/h1-4,10,12H,5-6,8-9H2. The Bertz CT molecular complexity index is 599. The van der Waals surface area contributed by atoms with Gasteiger partial charge in [0.05, 0.1) is 18.4 Å². The van der Waals surface area contributed by atoms with E-state index in [2.05, 4.69) is 0 Å². The molecule has 1 saturated heterocycles. The average molecular weight is 270 g/mol. The number of nitrogens with zero attached hydrogens (tertiary/aromatic N) is 2. The number of Topliss-reactive ketones (excluding diaryl/α,β-unsaturated/α-hetero) is 1. The highest BCUT2D eigenvalue weighted by Gasteiger charge is 2.40. The van der Waals surface area contributed by atoms with Crippen LogP contribution in [0, 0.1) is 23.2 Å². The molecule has 1 aromatic rings. The number of amides is 1. The molecule has 5 nitrogen and oxygen atoms in total. The second-order valence-corrected chi connectivity index (χ2v) is 5.12. The van der Waals surface area contributed by atoms with Crippen LogP contribution in [0.4, 0.5) is 5.69 Å². The van der Waals surface area contributed by atoms with E-state index in [4.69, 9.17) is 10.00 Å². The Morgan fingerprint density at radius 3 is 2.85 bits per heavy atom. The SMILES string of the molecule is N#CC1C(=O)c2ccccc2N(CC2CCOC2)C1=O. The summed E-state index contributed by atoms with van der Waals surface area (Å²) in [5, 5.41) is 9.09. The van der Waals surface area contributed by atoms with Crippen LogP contribution in [0.3, 0.4) is 0 Å². The molecule has 2 unspecified atom stereocenters. The second-order valence-electron chi connectivity index (χ2n) is 5.12. The Morgan fingerprint density at radius 1 is 1.35 bits per heavy atom. The maximum atomic E-state index is 12.4. The van der Waals surface area contributed by atoms with Gasteiger partial charge in [0.2, 0.25) is 0 Å². The van der Waals surface area contributed by atoms with Crippen molar-refractivity contribution in [1.29, 1.82) is 5.26 Å². The van der Waals surface area contributed by atoms with E-state index in [9.17, 15) is 9.59 Å². The quantitative estimate of drug-likeness (QED) is 0.761. The lowest BCUT2D eigenvalue weighted by Crippen LogP contribution is -2.46. The molecule has 0 N–H and O–H groups in total. The van der Waals surface area contributed by atoms with Crippen LogP contribution < -0.4 is 4.90 Å². The summed E-state index contributed by atoms with van der Waals surface area (Å²) in [5.41, 5.74) is 1.07. The monoisotopic (exact) mass is 270 g/mol. The van der Waals surface area contributed by atoms with E-state index in [0.29, 0.717) is 31.0 Å². The molecule has 0 aromatic heterocycles. The third kappa shape index (κ3) is 1.98. The first-order chi connectivity index (χ1) is 9.72. The lowest BCUT2D eigenvalue weighted by atomic mass is 9.90. The van der Waals surface area contributed by atoms with E-state index in [0.717, 1.165) is 6.42 Å². The number of carbonyl (C=O) groups excluding carboxylic acids is 2. The molecule has 5 heteroatoms. The van der Waals surface area contributed by atoms with Gasteiger partial charge >= 0.3 is 0 Å². The molecule has 102 valence electrons. The van der Waals surface area contributed by atoms with Crippen LogP contribution in [0.1, 0.15) is 16.8 Å². The summed E-state index contributed by atoms with van der Waals surface area (Å²) < 4.78 is 5.33. The van der Waals surface area contributed by atoms with E-state index >= 15 is 0 Å². The minimum absolute atomic E-state index is 0.263. The van der Waals surface area contributed by atoms with Gasteiger partial charge in [0.25, 0.3) is 5.91 Å². The number of hydrogen-bond donors (Lipinski definition) is 0. The molecule has 0 bridgehead atoms. The predicted molar refractivity (Wildman–Crippen MR) is 71.2 cm³/mol. The zero-order valence-corrected chi connectivity index (χ0v) is 10.9. The molecular formula is C15H14N2O3. The van der Waals surface area contributed by atoms with Crippen molar-refractivity contribution in [3.05, 3.63) is 29.8 Å². The minimum Gasteiger partial charge on any atom is -0.381 e. The van der Waals surface area contributed by atoms with Gasteiger partial charge < -0.3 is 9.64 Å². The van der Waals surface area contributed by atoms with Crippen molar-refractivity contribution in [2.24, 2.45) is 11.8 Å². The predicted octanol–water partition coefficient (Wildman–Crippen LogP) is 1.39. The number of benzene rings is 1. The van der Waals surface area contributed by atoms with Crippen molar-refractivity contribution < 1.29 is 14.3 Å². The summed E-state index contributed by atoms with van der Waals surface area (Å²) >= 11 is 0. The van der Waals surface area contributed by atoms with Crippen molar-refractivity contribution in [3.8, 4) is 6.07 Å². The Labute approximate surface area is 116 Å². The molecule has 20 heavy (non-hydrogen) atoms. The molecule has 1 aromatic carbocycles. The fourth-order valence-electron chi connectivity index (χ4n) is 2.75. The van der Waals surface area contributed by atoms with Crippen molar-refractivity contribution in [2.75, 3.05) is 24.7 Å². The molecule has 2 aliphatic heterocycles. The Morgan fingerprint density at radius 2 is 2.15 bits per heavy atom. The first kappa shape index (κ1) is 12.8. The molecule has 0 aliphatic carbocycles. The average Bonchev–Trinajstić information content (AvgIpc) is 2.97. The van der Waals surface area contributed by atoms with Crippen molar-refractivity contribution in [2.45, 2.75) is 6.42 Å². The fraction of sp³-hybridized carbons (Fsp3) is 0.400. The highest BCUT2D eigenvalue weighted by Crippen LogP contribution is 2.31. The highest BCUT2D eigenvalue weighted by molar-refractivity contribution is 6.23. The summed E-state index contributed by atoms with van der Waals surface area (Å²) in [6.07, 6.45) is 0.900. The van der Waals surface area contributed by atoms with Gasteiger partial charge in [-0.2, -0.15) is 5.26 Å². The zero-order chi connectivity index (χ0) is 14.1. The Hall–Kier alpha value is -2.19. The van der Waals surface area contributed by atoms with Crippen molar-refractivity contribution in [3.63, 3.8) is 0 Å². The normalized spacial score (nSPS) is 25.4. The second kappa shape index (κ2) is 5.06. The third-order valence-corrected chi connectivity index (χ3v) is 3.83. The number of anilines is 1. The molecule has 2 heterocycles. The van der Waals surface area contributed by atoms with Crippen LogP contribution in [-0.2, 0) is 9.53 Å². The number of ether oxygens (including phenoxy) is 1. The summed E-state index contributed by atoms with van der Waals surface area (Å²) in [4.78, 5) is 26.1. The molecule has 1 amide bonds. The molecule has 3 rings (SSSR count). The number of ketones is 1. The molecule has 2 aliphatic rings. The van der Waals surface area contributed by atoms with Crippen molar-refractivity contribution in [1.82, 2.24) is 0 Å². The number of para-hydroxylation sites is 1. The minimum atomic E-state index is -1.22. The first-order valence-corrected chi connectivity index (χ1v) is 6.64. The largest absolute Gasteiger partial charge is 0.381 e. The molecular weight excluding hydrogens is 256 g/mol. The highest BCUT2D eigenvalue weighted by atomic mass is 16.5. The Balaban J connectivity index is 1.98. The number of carbonyl (C=O) groups is 2. The van der Waals surface area contributed by atoms with E-state index in [1.54, 1.807) is 29.2 Å². The van der Waals surface area contributed by atoms with Gasteiger partial charge in [-0.05, 0) is 18.6 Å². The van der Waals surface area contributed by atoms with Gasteiger partial charge in [-0.25, -0.2) is 0 Å². The van der Waals surface area contributed by atoms with Crippen LogP contribution in [0.5, 0.6) is 0 Å². The number of rotatable bonds is 2. The number of hydrogen-bond acceptors (Lipinski definition) is 4. The maximum Gasteiger partial charge on any atom is 0.252 e. The molecule has 0 saturated carbocycles. The number of fused-ring (bicyclic) bond motifs is 1. The first-order valence-electron chi connectivity index (χ1n) is 6.64. The molecule has 0 radical (unpaired) electrons. The van der Waals surface area contributed by atoms with Gasteiger partial charge in [-0.3, -0.25) is 9.59 Å². The van der Waals surface area contributed by atoms with E-state index in [-0.39, 0.29) is 5.92 Å². The van der Waals surface area contributed by atoms with E-state index in [1.165, 1.54) is 0 Å². The van der Waals surface area contributed by atoms with Gasteiger partial charge in [0.1, 0.15) is 0 Å². The fourth-order valence-corrected chi connectivity index (χ4v) is 2.75. The van der Waals surface area contributed by atoms with E-state index < -0.39 is 17.6 Å². The number of nitriles is 1. The van der Waals surface area contributed by atoms with E-state index in [1.807, 2.05) is 6.07 Å². The Kier molecular flexibility index (Phi) is 3.25. The summed E-state index contributed by atoms with van der Waals surface area (Å²) in [5.74, 6) is -1.76. The smallest absolute Gasteiger partial charge is 0.252 e. The van der Waals surface area contributed by atoms with Gasteiger partial charge in [0, 0.05) is 24.6 Å². The summed E-state index contributed by atoms with van der Waals surface area (Å²) in [6.45, 7) is 1.83. The summed E-state index contributed by atoms with van der Waals surface area (Å²) in [6, 6.07) is 8.80. The summed E-state index contributed by atoms with van der Waals surface area (Å²) in [7, 11) is 0. The topological polar surface area (TPSA) is 70.4 Å². The lowest BCUT2D eigenvalue weighted by molar-refractivity contribution is -0.120. The molecule has 0 spiro atoms. The van der Waals surface area contributed by atoms with Crippen LogP contribution in [0.15, 0.2) is 24.3 Å². The van der Waals surface area contributed by atoms with Crippen LogP contribution >= 0.6 is 0 Å².